The molecule has 1 aliphatic rings. The first kappa shape index (κ1) is 10.8. The SMILES string of the molecule is CNCc1cccc(OCC2CC2)c1Cl. The van der Waals surface area contributed by atoms with Gasteiger partial charge in [0.2, 0.25) is 0 Å². The molecular formula is C12H16ClNO. The van der Waals surface area contributed by atoms with E-state index in [1.54, 1.807) is 0 Å². The highest BCUT2D eigenvalue weighted by molar-refractivity contribution is 6.32. The quantitative estimate of drug-likeness (QED) is 0.832. The summed E-state index contributed by atoms with van der Waals surface area (Å²) in [6.07, 6.45) is 2.60. The average Bonchev–Trinajstić information content (AvgIpc) is 3.03. The molecule has 0 saturated heterocycles. The molecule has 0 aromatic heterocycles. The van der Waals surface area contributed by atoms with E-state index in [4.69, 9.17) is 16.3 Å². The molecule has 1 aromatic carbocycles. The maximum Gasteiger partial charge on any atom is 0.138 e. The van der Waals surface area contributed by atoms with Crippen molar-refractivity contribution in [3.63, 3.8) is 0 Å². The Balaban J connectivity index is 2.04. The van der Waals surface area contributed by atoms with Crippen molar-refractivity contribution < 1.29 is 4.74 Å². The van der Waals surface area contributed by atoms with Crippen molar-refractivity contribution in [2.75, 3.05) is 13.7 Å². The van der Waals surface area contributed by atoms with E-state index in [2.05, 4.69) is 5.32 Å². The van der Waals surface area contributed by atoms with E-state index >= 15 is 0 Å². The standard InChI is InChI=1S/C12H16ClNO/c1-14-7-10-3-2-4-11(12(10)13)15-8-9-5-6-9/h2-4,9,14H,5-8H2,1H3. The molecule has 2 rings (SSSR count). The molecule has 1 N–H and O–H groups in total. The maximum atomic E-state index is 6.23. The Labute approximate surface area is 95.6 Å². The van der Waals surface area contributed by atoms with Crippen LogP contribution in [0.4, 0.5) is 0 Å². The van der Waals surface area contributed by atoms with Crippen LogP contribution in [0.25, 0.3) is 0 Å². The van der Waals surface area contributed by atoms with Crippen LogP contribution in [0.5, 0.6) is 5.75 Å². The molecule has 0 bridgehead atoms. The fourth-order valence-electron chi connectivity index (χ4n) is 1.49. The van der Waals surface area contributed by atoms with Gasteiger partial charge in [0.25, 0.3) is 0 Å². The molecule has 1 saturated carbocycles. The van der Waals surface area contributed by atoms with Crippen LogP contribution in [0.1, 0.15) is 18.4 Å². The van der Waals surface area contributed by atoms with Gasteiger partial charge in [-0.15, -0.1) is 0 Å². The van der Waals surface area contributed by atoms with Crippen molar-refractivity contribution in [1.29, 1.82) is 0 Å². The van der Waals surface area contributed by atoms with Gasteiger partial charge < -0.3 is 10.1 Å². The van der Waals surface area contributed by atoms with Crippen molar-refractivity contribution in [1.82, 2.24) is 5.32 Å². The molecule has 1 fully saturated rings. The number of halogens is 1. The Hall–Kier alpha value is -0.730. The van der Waals surface area contributed by atoms with Crippen molar-refractivity contribution >= 4 is 11.6 Å². The minimum Gasteiger partial charge on any atom is -0.492 e. The van der Waals surface area contributed by atoms with Gasteiger partial charge in [0.15, 0.2) is 0 Å². The van der Waals surface area contributed by atoms with E-state index in [1.807, 2.05) is 25.2 Å². The van der Waals surface area contributed by atoms with E-state index in [-0.39, 0.29) is 0 Å². The molecule has 3 heteroatoms. The lowest BCUT2D eigenvalue weighted by Crippen LogP contribution is -2.06. The van der Waals surface area contributed by atoms with E-state index in [1.165, 1.54) is 12.8 Å². The minimum atomic E-state index is 0.743. The summed E-state index contributed by atoms with van der Waals surface area (Å²) < 4.78 is 5.69. The van der Waals surface area contributed by atoms with Gasteiger partial charge in [0, 0.05) is 6.54 Å². The third kappa shape index (κ3) is 2.86. The van der Waals surface area contributed by atoms with Gasteiger partial charge in [-0.2, -0.15) is 0 Å². The first-order chi connectivity index (χ1) is 7.31. The smallest absolute Gasteiger partial charge is 0.138 e. The average molecular weight is 226 g/mol. The third-order valence-electron chi connectivity index (χ3n) is 2.58. The fourth-order valence-corrected chi connectivity index (χ4v) is 1.73. The molecule has 1 aliphatic carbocycles. The Kier molecular flexibility index (Phi) is 3.49. The van der Waals surface area contributed by atoms with Gasteiger partial charge in [-0.1, -0.05) is 23.7 Å². The van der Waals surface area contributed by atoms with Crippen LogP contribution in [0.2, 0.25) is 5.02 Å². The van der Waals surface area contributed by atoms with Gasteiger partial charge >= 0.3 is 0 Å². The zero-order valence-corrected chi connectivity index (χ0v) is 9.68. The lowest BCUT2D eigenvalue weighted by atomic mass is 10.2. The number of hydrogen-bond donors (Lipinski definition) is 1. The van der Waals surface area contributed by atoms with Gasteiger partial charge in [0.05, 0.1) is 11.6 Å². The van der Waals surface area contributed by atoms with Crippen molar-refractivity contribution in [3.8, 4) is 5.75 Å². The summed E-state index contributed by atoms with van der Waals surface area (Å²) in [7, 11) is 1.91. The molecule has 0 aliphatic heterocycles. The van der Waals surface area contributed by atoms with Crippen LogP contribution in [0.3, 0.4) is 0 Å². The second-order valence-corrected chi connectivity index (χ2v) is 4.39. The molecule has 82 valence electrons. The molecule has 0 unspecified atom stereocenters. The zero-order valence-electron chi connectivity index (χ0n) is 8.92. The Morgan fingerprint density at radius 1 is 1.47 bits per heavy atom. The first-order valence-electron chi connectivity index (χ1n) is 5.36. The Bertz CT molecular complexity index is 336. The maximum absolute atomic E-state index is 6.23. The highest BCUT2D eigenvalue weighted by Crippen LogP contribution is 2.32. The largest absolute Gasteiger partial charge is 0.492 e. The number of rotatable bonds is 5. The normalized spacial score (nSPS) is 15.3. The lowest BCUT2D eigenvalue weighted by molar-refractivity contribution is 0.299. The van der Waals surface area contributed by atoms with Crippen molar-refractivity contribution in [2.24, 2.45) is 5.92 Å². The van der Waals surface area contributed by atoms with Gasteiger partial charge in [-0.3, -0.25) is 0 Å². The van der Waals surface area contributed by atoms with Crippen LogP contribution in [0.15, 0.2) is 18.2 Å². The van der Waals surface area contributed by atoms with E-state index < -0.39 is 0 Å². The third-order valence-corrected chi connectivity index (χ3v) is 3.01. The number of ether oxygens (including phenoxy) is 1. The summed E-state index contributed by atoms with van der Waals surface area (Å²) in [6.45, 7) is 1.59. The lowest BCUT2D eigenvalue weighted by Gasteiger charge is -2.10. The number of hydrogen-bond acceptors (Lipinski definition) is 2. The first-order valence-corrected chi connectivity index (χ1v) is 5.74. The van der Waals surface area contributed by atoms with Crippen LogP contribution in [-0.4, -0.2) is 13.7 Å². The molecule has 0 amide bonds. The second-order valence-electron chi connectivity index (χ2n) is 4.01. The van der Waals surface area contributed by atoms with Gasteiger partial charge in [-0.25, -0.2) is 0 Å². The van der Waals surface area contributed by atoms with E-state index in [9.17, 15) is 0 Å². The molecule has 1 aromatic rings. The Morgan fingerprint density at radius 3 is 2.93 bits per heavy atom. The zero-order chi connectivity index (χ0) is 10.7. The topological polar surface area (TPSA) is 21.3 Å². The predicted octanol–water partition coefficient (Wildman–Crippen LogP) is 2.85. The summed E-state index contributed by atoms with van der Waals surface area (Å²) in [5.41, 5.74) is 1.09. The summed E-state index contributed by atoms with van der Waals surface area (Å²) in [4.78, 5) is 0. The number of benzene rings is 1. The summed E-state index contributed by atoms with van der Waals surface area (Å²) in [5, 5.41) is 3.83. The summed E-state index contributed by atoms with van der Waals surface area (Å²) >= 11 is 6.23. The predicted molar refractivity (Wildman–Crippen MR) is 62.4 cm³/mol. The molecule has 0 radical (unpaired) electrons. The monoisotopic (exact) mass is 225 g/mol. The van der Waals surface area contributed by atoms with Crippen LogP contribution in [-0.2, 0) is 6.54 Å². The molecule has 0 atom stereocenters. The highest BCUT2D eigenvalue weighted by Gasteiger charge is 2.22. The van der Waals surface area contributed by atoms with Crippen molar-refractivity contribution in [3.05, 3.63) is 28.8 Å². The molecule has 15 heavy (non-hydrogen) atoms. The highest BCUT2D eigenvalue weighted by atomic mass is 35.5. The van der Waals surface area contributed by atoms with E-state index in [0.29, 0.717) is 0 Å². The molecule has 0 heterocycles. The summed E-state index contributed by atoms with van der Waals surface area (Å²) in [5.74, 6) is 1.57. The molecular weight excluding hydrogens is 210 g/mol. The van der Waals surface area contributed by atoms with Crippen LogP contribution < -0.4 is 10.1 Å². The van der Waals surface area contributed by atoms with E-state index in [0.717, 1.165) is 35.4 Å². The summed E-state index contributed by atoms with van der Waals surface area (Å²) in [6, 6.07) is 5.94. The molecule has 0 spiro atoms. The Morgan fingerprint density at radius 2 is 2.27 bits per heavy atom. The molecule has 2 nitrogen and oxygen atoms in total. The van der Waals surface area contributed by atoms with Gasteiger partial charge in [-0.05, 0) is 37.4 Å². The van der Waals surface area contributed by atoms with Crippen LogP contribution in [0, 0.1) is 5.92 Å². The second kappa shape index (κ2) is 4.86. The van der Waals surface area contributed by atoms with Crippen molar-refractivity contribution in [2.45, 2.75) is 19.4 Å². The fraction of sp³-hybridized carbons (Fsp3) is 0.500. The van der Waals surface area contributed by atoms with Crippen LogP contribution >= 0.6 is 11.6 Å². The number of nitrogens with one attached hydrogen (secondary N) is 1. The minimum absolute atomic E-state index is 0.743. The van der Waals surface area contributed by atoms with Gasteiger partial charge in [0.1, 0.15) is 5.75 Å².